The van der Waals surface area contributed by atoms with Gasteiger partial charge in [0.05, 0.1) is 36.5 Å². The van der Waals surface area contributed by atoms with Crippen LogP contribution in [0.2, 0.25) is 0 Å². The molecule has 1 N–H and O–H groups in total. The number of aromatic nitrogens is 2. The zero-order valence-corrected chi connectivity index (χ0v) is 20.8. The molecule has 0 spiro atoms. The summed E-state index contributed by atoms with van der Waals surface area (Å²) >= 11 is 1.70. The van der Waals surface area contributed by atoms with Crippen LogP contribution >= 0.6 is 11.3 Å². The lowest BCUT2D eigenvalue weighted by Gasteiger charge is -2.08. The average Bonchev–Trinajstić information content (AvgIpc) is 3.52. The lowest BCUT2D eigenvalue weighted by Crippen LogP contribution is -2.24. The van der Waals surface area contributed by atoms with Gasteiger partial charge in [-0.1, -0.05) is 43.3 Å². The summed E-state index contributed by atoms with van der Waals surface area (Å²) in [5, 5.41) is 13.7. The van der Waals surface area contributed by atoms with Crippen molar-refractivity contribution in [3.05, 3.63) is 100 Å². The zero-order chi connectivity index (χ0) is 24.2. The Morgan fingerprint density at radius 3 is 2.34 bits per heavy atom. The highest BCUT2D eigenvalue weighted by atomic mass is 32.1. The molecule has 3 aromatic carbocycles. The maximum Gasteiger partial charge on any atom is 0.211 e. The number of rotatable bonds is 8. The van der Waals surface area contributed by atoms with Crippen LogP contribution in [0.1, 0.15) is 24.5 Å². The van der Waals surface area contributed by atoms with Crippen LogP contribution in [-0.2, 0) is 20.2 Å². The minimum absolute atomic E-state index is 0.0458. The lowest BCUT2D eigenvalue weighted by molar-refractivity contribution is 0.282. The van der Waals surface area contributed by atoms with Crippen LogP contribution in [0.15, 0.2) is 88.5 Å². The number of hydrogen-bond acceptors (Lipinski definition) is 4. The third kappa shape index (κ3) is 4.94. The van der Waals surface area contributed by atoms with E-state index in [9.17, 15) is 5.11 Å². The smallest absolute Gasteiger partial charge is 0.211 e. The van der Waals surface area contributed by atoms with Crippen LogP contribution in [0, 0.1) is 0 Å². The molecule has 2 aromatic heterocycles. The molecule has 0 amide bonds. The van der Waals surface area contributed by atoms with Gasteiger partial charge in [-0.3, -0.25) is 0 Å². The second kappa shape index (κ2) is 10.3. The Balaban J connectivity index is 1.60. The van der Waals surface area contributed by atoms with Gasteiger partial charge in [0.1, 0.15) is 5.75 Å². The van der Waals surface area contributed by atoms with Crippen molar-refractivity contribution in [2.45, 2.75) is 26.5 Å². The molecule has 0 aliphatic carbocycles. The van der Waals surface area contributed by atoms with Gasteiger partial charge in [-0.25, -0.2) is 4.99 Å². The van der Waals surface area contributed by atoms with E-state index in [2.05, 4.69) is 88.5 Å². The molecule has 0 atom stereocenters. The van der Waals surface area contributed by atoms with Crippen LogP contribution in [0.3, 0.4) is 0 Å². The summed E-state index contributed by atoms with van der Waals surface area (Å²) in [6, 6.07) is 24.8. The van der Waals surface area contributed by atoms with Crippen molar-refractivity contribution in [2.75, 3.05) is 6.61 Å². The van der Waals surface area contributed by atoms with E-state index in [1.807, 2.05) is 18.2 Å². The fraction of sp³-hybridized carbons (Fsp3) is 0.207. The molecule has 0 fully saturated rings. The molecule has 0 aliphatic rings. The number of ether oxygens (including phenoxy) is 1. The number of aryl methyl sites for hydroxylation is 1. The lowest BCUT2D eigenvalue weighted by atomic mass is 10.1. The van der Waals surface area contributed by atoms with Crippen LogP contribution < -0.4 is 10.4 Å². The number of benzene rings is 3. The van der Waals surface area contributed by atoms with Crippen molar-refractivity contribution in [1.82, 2.24) is 9.13 Å². The van der Waals surface area contributed by atoms with Gasteiger partial charge in [0.2, 0.25) is 5.62 Å². The van der Waals surface area contributed by atoms with E-state index in [-0.39, 0.29) is 6.61 Å². The van der Waals surface area contributed by atoms with Crippen LogP contribution in [0.5, 0.6) is 5.75 Å². The van der Waals surface area contributed by atoms with Gasteiger partial charge in [-0.15, -0.1) is 0 Å². The molecular formula is C29H29N3O2S. The monoisotopic (exact) mass is 483 g/mol. The normalized spacial score (nSPS) is 11.9. The van der Waals surface area contributed by atoms with Gasteiger partial charge >= 0.3 is 0 Å². The first kappa shape index (κ1) is 23.1. The predicted molar refractivity (Wildman–Crippen MR) is 143 cm³/mol. The van der Waals surface area contributed by atoms with Gasteiger partial charge in [-0.05, 0) is 69.8 Å². The second-order valence-electron chi connectivity index (χ2n) is 8.59. The molecule has 0 radical (unpaired) electrons. The number of fused-ring (bicyclic) bond motifs is 1. The van der Waals surface area contributed by atoms with E-state index in [0.29, 0.717) is 13.2 Å². The molecule has 2 heterocycles. The van der Waals surface area contributed by atoms with E-state index < -0.39 is 0 Å². The summed E-state index contributed by atoms with van der Waals surface area (Å²) in [6.07, 6.45) is 0.969. The Morgan fingerprint density at radius 1 is 0.886 bits per heavy atom. The summed E-state index contributed by atoms with van der Waals surface area (Å²) in [4.78, 5) is 5.07. The quantitative estimate of drug-likeness (QED) is 0.283. The van der Waals surface area contributed by atoms with Crippen LogP contribution in [0.4, 0.5) is 5.69 Å². The Hall–Kier alpha value is -3.61. The van der Waals surface area contributed by atoms with Gasteiger partial charge in [0, 0.05) is 13.1 Å². The number of aliphatic hydroxyl groups is 1. The van der Waals surface area contributed by atoms with Crippen LogP contribution in [0.25, 0.3) is 22.2 Å². The topological polar surface area (TPSA) is 51.7 Å². The van der Waals surface area contributed by atoms with Crippen molar-refractivity contribution in [3.63, 3.8) is 0 Å². The molecule has 0 unspecified atom stereocenters. The maximum atomic E-state index is 9.40. The van der Waals surface area contributed by atoms with Crippen molar-refractivity contribution in [2.24, 2.45) is 12.0 Å². The second-order valence-corrected chi connectivity index (χ2v) is 9.37. The molecule has 0 saturated heterocycles. The Labute approximate surface area is 209 Å². The third-order valence-electron chi connectivity index (χ3n) is 6.11. The first-order chi connectivity index (χ1) is 17.2. The maximum absolute atomic E-state index is 9.40. The minimum Gasteiger partial charge on any atom is -0.494 e. The summed E-state index contributed by atoms with van der Waals surface area (Å²) in [6.45, 7) is 3.52. The van der Waals surface area contributed by atoms with Crippen molar-refractivity contribution in [3.8, 4) is 16.9 Å². The summed E-state index contributed by atoms with van der Waals surface area (Å²) < 4.78 is 10.3. The first-order valence-electron chi connectivity index (χ1n) is 11.8. The molecule has 6 heteroatoms. The molecule has 178 valence electrons. The highest BCUT2D eigenvalue weighted by Gasteiger charge is 2.12. The molecule has 35 heavy (non-hydrogen) atoms. The molecule has 0 aliphatic heterocycles. The molecule has 5 nitrogen and oxygen atoms in total. The van der Waals surface area contributed by atoms with Gasteiger partial charge < -0.3 is 19.0 Å². The number of thiophene rings is 1. The summed E-state index contributed by atoms with van der Waals surface area (Å²) in [7, 11) is 2.05. The first-order valence-corrected chi connectivity index (χ1v) is 12.8. The minimum atomic E-state index is 0.0458. The number of imidazole rings is 1. The van der Waals surface area contributed by atoms with Crippen molar-refractivity contribution in [1.29, 1.82) is 0 Å². The van der Waals surface area contributed by atoms with E-state index in [0.717, 1.165) is 45.6 Å². The van der Waals surface area contributed by atoms with Gasteiger partial charge in [-0.2, -0.15) is 11.3 Å². The highest BCUT2D eigenvalue weighted by Crippen LogP contribution is 2.25. The van der Waals surface area contributed by atoms with E-state index in [1.54, 1.807) is 11.3 Å². The molecule has 0 bridgehead atoms. The number of nitrogens with zero attached hydrogens (tertiary/aromatic N) is 3. The third-order valence-corrected chi connectivity index (χ3v) is 6.79. The highest BCUT2D eigenvalue weighted by molar-refractivity contribution is 7.08. The fourth-order valence-electron chi connectivity index (χ4n) is 4.20. The van der Waals surface area contributed by atoms with Crippen molar-refractivity contribution < 1.29 is 9.84 Å². The van der Waals surface area contributed by atoms with E-state index in [4.69, 9.17) is 9.73 Å². The molecule has 5 rings (SSSR count). The molecular weight excluding hydrogens is 454 g/mol. The summed E-state index contributed by atoms with van der Waals surface area (Å²) in [5.74, 6) is 0.867. The van der Waals surface area contributed by atoms with Gasteiger partial charge in [0.25, 0.3) is 0 Å². The summed E-state index contributed by atoms with van der Waals surface area (Å²) in [5.41, 5.74) is 8.41. The predicted octanol–water partition coefficient (Wildman–Crippen LogP) is 6.27. The zero-order valence-electron chi connectivity index (χ0n) is 20.0. The van der Waals surface area contributed by atoms with Gasteiger partial charge in [0.15, 0.2) is 0 Å². The van der Waals surface area contributed by atoms with Crippen molar-refractivity contribution >= 4 is 28.1 Å². The standard InChI is InChI=1S/C29H29N3O2S/c1-3-15-34-26-12-13-27-28(17-26)31(2)29(32(27)18-21-4-6-22(19-33)7-5-21)30-25-10-8-23(9-11-25)24-14-16-35-20-24/h4-14,16-17,20,33H,3,15,18-19H2,1-2H3. The Morgan fingerprint density at radius 2 is 1.66 bits per heavy atom. The molecule has 0 saturated carbocycles. The van der Waals surface area contributed by atoms with E-state index >= 15 is 0 Å². The van der Waals surface area contributed by atoms with Crippen LogP contribution in [-0.4, -0.2) is 20.8 Å². The number of aliphatic hydroxyl groups excluding tert-OH is 1. The average molecular weight is 484 g/mol. The Kier molecular flexibility index (Phi) is 6.84. The molecule has 5 aromatic rings. The fourth-order valence-corrected chi connectivity index (χ4v) is 4.87. The van der Waals surface area contributed by atoms with E-state index in [1.165, 1.54) is 11.1 Å². The SMILES string of the molecule is CCCOc1ccc2c(c1)n(C)c(=Nc1ccc(-c3ccsc3)cc1)n2Cc1ccc(CO)cc1. The largest absolute Gasteiger partial charge is 0.494 e. The number of hydrogen-bond donors (Lipinski definition) is 1. The Bertz CT molecular complexity index is 1480.